The summed E-state index contributed by atoms with van der Waals surface area (Å²) in [6.07, 6.45) is 1.10. The smallest absolute Gasteiger partial charge is 0.328 e. The third-order valence-electron chi connectivity index (χ3n) is 2.35. The summed E-state index contributed by atoms with van der Waals surface area (Å²) in [5, 5.41) is 3.94. The van der Waals surface area contributed by atoms with Gasteiger partial charge in [-0.15, -0.1) is 0 Å². The molecule has 0 spiro atoms. The normalized spacial score (nSPS) is 21.8. The van der Waals surface area contributed by atoms with Crippen LogP contribution in [0.1, 0.15) is 27.2 Å². The molecule has 5 heteroatoms. The van der Waals surface area contributed by atoms with Gasteiger partial charge < -0.3 is 10.1 Å². The maximum absolute atomic E-state index is 11.2. The highest BCUT2D eigenvalue weighted by atomic mass is 32.2. The number of rotatable bonds is 4. The Morgan fingerprint density at radius 3 is 2.88 bits per heavy atom. The number of thioether (sulfide) groups is 1. The van der Waals surface area contributed by atoms with Crippen molar-refractivity contribution in [3.05, 3.63) is 0 Å². The number of nitrogens with zero attached hydrogens (tertiary/aromatic N) is 1. The van der Waals surface area contributed by atoms with Gasteiger partial charge in [-0.1, -0.05) is 25.6 Å². The molecule has 0 bridgehead atoms. The third-order valence-corrected chi connectivity index (χ3v) is 3.40. The predicted molar refractivity (Wildman–Crippen MR) is 67.7 cm³/mol. The average Bonchev–Trinajstić information content (AvgIpc) is 2.63. The molecule has 0 aromatic carbocycles. The zero-order valence-corrected chi connectivity index (χ0v) is 11.1. The summed E-state index contributed by atoms with van der Waals surface area (Å²) >= 11 is 1.68. The summed E-state index contributed by atoms with van der Waals surface area (Å²) in [6, 6.07) is 0.0615. The molecular weight excluding hydrogens is 224 g/mol. The third kappa shape index (κ3) is 4.04. The summed E-state index contributed by atoms with van der Waals surface area (Å²) in [4.78, 5) is 15.8. The van der Waals surface area contributed by atoms with Crippen molar-refractivity contribution in [2.75, 3.05) is 12.9 Å². The van der Waals surface area contributed by atoms with Crippen LogP contribution < -0.4 is 5.32 Å². The van der Waals surface area contributed by atoms with Crippen molar-refractivity contribution in [1.29, 1.82) is 0 Å². The molecule has 2 atom stereocenters. The second kappa shape index (κ2) is 6.13. The molecule has 1 aliphatic rings. The molecule has 16 heavy (non-hydrogen) atoms. The minimum atomic E-state index is -0.325. The topological polar surface area (TPSA) is 50.7 Å². The van der Waals surface area contributed by atoms with Crippen molar-refractivity contribution in [2.45, 2.75) is 39.3 Å². The van der Waals surface area contributed by atoms with Crippen LogP contribution in [0.2, 0.25) is 0 Å². The van der Waals surface area contributed by atoms with E-state index in [2.05, 4.69) is 28.9 Å². The zero-order chi connectivity index (χ0) is 12.1. The second-order valence-corrected chi connectivity index (χ2v) is 5.43. The summed E-state index contributed by atoms with van der Waals surface area (Å²) in [5.74, 6) is 1.41. The molecule has 2 unspecified atom stereocenters. The van der Waals surface area contributed by atoms with E-state index in [-0.39, 0.29) is 12.0 Å². The molecule has 0 aliphatic carbocycles. The number of methoxy groups -OCH3 is 1. The molecular formula is C11H20N2O2S. The number of hydrogen-bond donors (Lipinski definition) is 1. The van der Waals surface area contributed by atoms with E-state index in [1.54, 1.807) is 18.7 Å². The molecule has 1 N–H and O–H groups in total. The quantitative estimate of drug-likeness (QED) is 0.764. The lowest BCUT2D eigenvalue weighted by atomic mass is 10.1. The fraction of sp³-hybridized carbons (Fsp3) is 0.818. The molecule has 4 nitrogen and oxygen atoms in total. The summed E-state index contributed by atoms with van der Waals surface area (Å²) in [7, 11) is 1.39. The lowest BCUT2D eigenvalue weighted by Gasteiger charge is -2.11. The average molecular weight is 244 g/mol. The number of carbonyl (C=O) groups is 1. The number of nitrogens with one attached hydrogen (secondary N) is 1. The van der Waals surface area contributed by atoms with Gasteiger partial charge in [-0.25, -0.2) is 4.79 Å². The van der Waals surface area contributed by atoms with Crippen molar-refractivity contribution < 1.29 is 9.53 Å². The highest BCUT2D eigenvalue weighted by molar-refractivity contribution is 8.14. The van der Waals surface area contributed by atoms with Crippen LogP contribution in [0.15, 0.2) is 4.99 Å². The number of aliphatic imine (C=N–C) groups is 1. The Morgan fingerprint density at radius 2 is 2.31 bits per heavy atom. The Bertz CT molecular complexity index is 279. The van der Waals surface area contributed by atoms with Crippen molar-refractivity contribution >= 4 is 22.9 Å². The molecule has 92 valence electrons. The van der Waals surface area contributed by atoms with Gasteiger partial charge >= 0.3 is 5.97 Å². The number of hydrogen-bond acceptors (Lipinski definition) is 5. The number of amidine groups is 1. The Kier molecular flexibility index (Phi) is 5.12. The van der Waals surface area contributed by atoms with Gasteiger partial charge in [-0.05, 0) is 19.3 Å². The van der Waals surface area contributed by atoms with Crippen LogP contribution in [-0.4, -0.2) is 36.1 Å². The molecule has 0 saturated heterocycles. The minimum Gasteiger partial charge on any atom is -0.467 e. The first kappa shape index (κ1) is 13.4. The molecule has 0 saturated carbocycles. The van der Waals surface area contributed by atoms with E-state index in [4.69, 9.17) is 0 Å². The van der Waals surface area contributed by atoms with Crippen LogP contribution in [0.4, 0.5) is 0 Å². The molecule has 0 aromatic heterocycles. The van der Waals surface area contributed by atoms with E-state index in [0.29, 0.717) is 12.0 Å². The van der Waals surface area contributed by atoms with Crippen LogP contribution in [0.25, 0.3) is 0 Å². The Balaban J connectivity index is 2.41. The minimum absolute atomic E-state index is 0.254. The van der Waals surface area contributed by atoms with Crippen molar-refractivity contribution in [1.82, 2.24) is 5.32 Å². The van der Waals surface area contributed by atoms with Gasteiger partial charge in [0.25, 0.3) is 0 Å². The zero-order valence-electron chi connectivity index (χ0n) is 10.3. The molecule has 0 radical (unpaired) electrons. The maximum Gasteiger partial charge on any atom is 0.328 e. The van der Waals surface area contributed by atoms with Crippen LogP contribution in [0, 0.1) is 5.92 Å². The van der Waals surface area contributed by atoms with Gasteiger partial charge in [0.15, 0.2) is 5.17 Å². The van der Waals surface area contributed by atoms with E-state index in [1.165, 1.54) is 7.11 Å². The first-order valence-corrected chi connectivity index (χ1v) is 6.56. The Labute approximate surface area is 101 Å². The fourth-order valence-corrected chi connectivity index (χ4v) is 2.62. The van der Waals surface area contributed by atoms with Crippen LogP contribution >= 0.6 is 11.8 Å². The van der Waals surface area contributed by atoms with Gasteiger partial charge in [0.1, 0.15) is 6.04 Å². The van der Waals surface area contributed by atoms with Gasteiger partial charge in [-0.2, -0.15) is 0 Å². The highest BCUT2D eigenvalue weighted by Crippen LogP contribution is 2.22. The van der Waals surface area contributed by atoms with E-state index >= 15 is 0 Å². The van der Waals surface area contributed by atoms with Crippen LogP contribution in [0.5, 0.6) is 0 Å². The molecule has 1 aliphatic heterocycles. The van der Waals surface area contributed by atoms with E-state index in [0.717, 1.165) is 17.3 Å². The van der Waals surface area contributed by atoms with Crippen molar-refractivity contribution in [3.63, 3.8) is 0 Å². The monoisotopic (exact) mass is 244 g/mol. The molecule has 0 aromatic rings. The lowest BCUT2D eigenvalue weighted by Crippen LogP contribution is -2.37. The molecule has 0 amide bonds. The molecule has 1 heterocycles. The van der Waals surface area contributed by atoms with Crippen molar-refractivity contribution in [3.8, 4) is 0 Å². The van der Waals surface area contributed by atoms with Crippen molar-refractivity contribution in [2.24, 2.45) is 10.9 Å². The SMILES string of the molecule is COC(=O)C(C)NC1=NC(CC(C)C)CS1. The van der Waals surface area contributed by atoms with Crippen LogP contribution in [-0.2, 0) is 9.53 Å². The maximum atomic E-state index is 11.2. The van der Waals surface area contributed by atoms with Gasteiger partial charge in [-0.3, -0.25) is 4.99 Å². The van der Waals surface area contributed by atoms with E-state index < -0.39 is 0 Å². The van der Waals surface area contributed by atoms with Crippen LogP contribution in [0.3, 0.4) is 0 Å². The largest absolute Gasteiger partial charge is 0.467 e. The number of carbonyl (C=O) groups excluding carboxylic acids is 1. The van der Waals surface area contributed by atoms with Gasteiger partial charge in [0, 0.05) is 5.75 Å². The second-order valence-electron chi connectivity index (χ2n) is 4.42. The first-order valence-electron chi connectivity index (χ1n) is 5.58. The first-order chi connectivity index (χ1) is 7.52. The lowest BCUT2D eigenvalue weighted by molar-refractivity contribution is -0.142. The van der Waals surface area contributed by atoms with Gasteiger partial charge in [0.05, 0.1) is 13.2 Å². The number of ether oxygens (including phenoxy) is 1. The summed E-state index contributed by atoms with van der Waals surface area (Å²) in [6.45, 7) is 6.18. The van der Waals surface area contributed by atoms with E-state index in [1.807, 2.05) is 0 Å². The standard InChI is InChI=1S/C11H20N2O2S/c1-7(2)5-9-6-16-11(13-9)12-8(3)10(14)15-4/h7-9H,5-6H2,1-4H3,(H,12,13). The summed E-state index contributed by atoms with van der Waals surface area (Å²) < 4.78 is 4.65. The number of esters is 1. The Morgan fingerprint density at radius 1 is 1.62 bits per heavy atom. The molecule has 0 fully saturated rings. The Hall–Kier alpha value is -0.710. The highest BCUT2D eigenvalue weighted by Gasteiger charge is 2.22. The molecule has 1 rings (SSSR count). The fourth-order valence-electron chi connectivity index (χ4n) is 1.58. The van der Waals surface area contributed by atoms with E-state index in [9.17, 15) is 4.79 Å². The predicted octanol–water partition coefficient (Wildman–Crippen LogP) is 1.65. The summed E-state index contributed by atoms with van der Waals surface area (Å²) in [5.41, 5.74) is 0. The van der Waals surface area contributed by atoms with Gasteiger partial charge in [0.2, 0.25) is 0 Å².